The topological polar surface area (TPSA) is 52.9 Å². The molecule has 3 nitrogen and oxygen atoms in total. The van der Waals surface area contributed by atoms with Crippen molar-refractivity contribution < 1.29 is 4.79 Å². The third-order valence-electron chi connectivity index (χ3n) is 3.36. The molecule has 0 saturated heterocycles. The maximum atomic E-state index is 12.3. The summed E-state index contributed by atoms with van der Waals surface area (Å²) in [6.45, 7) is 5.85. The molecule has 0 heterocycles. The van der Waals surface area contributed by atoms with E-state index in [2.05, 4.69) is 5.32 Å². The lowest BCUT2D eigenvalue weighted by atomic mass is 10.1. The van der Waals surface area contributed by atoms with Crippen LogP contribution in [0.25, 0.3) is 6.08 Å². The van der Waals surface area contributed by atoms with Crippen molar-refractivity contribution in [2.45, 2.75) is 20.8 Å². The first kappa shape index (κ1) is 15.5. The van der Waals surface area contributed by atoms with Crippen molar-refractivity contribution in [2.24, 2.45) is 0 Å². The van der Waals surface area contributed by atoms with Crippen molar-refractivity contribution in [2.75, 3.05) is 5.32 Å². The Labute approximate surface area is 130 Å². The van der Waals surface area contributed by atoms with Gasteiger partial charge < -0.3 is 5.32 Å². The van der Waals surface area contributed by atoms with E-state index in [1.54, 1.807) is 6.08 Å². The second-order valence-electron chi connectivity index (χ2n) is 5.36. The number of nitriles is 1. The molecular formula is C19H18N2O. The van der Waals surface area contributed by atoms with E-state index in [4.69, 9.17) is 0 Å². The number of anilines is 1. The minimum atomic E-state index is -0.391. The Balaban J connectivity index is 2.26. The molecule has 0 aromatic heterocycles. The highest BCUT2D eigenvalue weighted by atomic mass is 16.1. The first-order chi connectivity index (χ1) is 10.5. The number of nitrogens with one attached hydrogen (secondary N) is 1. The molecule has 0 bridgehead atoms. The molecule has 110 valence electrons. The number of carbonyl (C=O) groups is 1. The van der Waals surface area contributed by atoms with Crippen LogP contribution in [-0.2, 0) is 4.79 Å². The molecule has 0 fully saturated rings. The highest BCUT2D eigenvalue weighted by molar-refractivity contribution is 6.10. The van der Waals surface area contributed by atoms with Gasteiger partial charge in [-0.15, -0.1) is 0 Å². The molecular weight excluding hydrogens is 272 g/mol. The molecule has 22 heavy (non-hydrogen) atoms. The van der Waals surface area contributed by atoms with E-state index in [-0.39, 0.29) is 5.57 Å². The third kappa shape index (κ3) is 3.83. The number of carbonyl (C=O) groups excluding carboxylic acids is 1. The Kier molecular flexibility index (Phi) is 4.75. The highest BCUT2D eigenvalue weighted by Crippen LogP contribution is 2.18. The molecule has 0 spiro atoms. The smallest absolute Gasteiger partial charge is 0.266 e. The van der Waals surface area contributed by atoms with Crippen molar-refractivity contribution in [3.8, 4) is 6.07 Å². The van der Waals surface area contributed by atoms with Crippen molar-refractivity contribution >= 4 is 17.7 Å². The van der Waals surface area contributed by atoms with Gasteiger partial charge in [-0.05, 0) is 49.6 Å². The van der Waals surface area contributed by atoms with E-state index < -0.39 is 5.91 Å². The van der Waals surface area contributed by atoms with Crippen LogP contribution in [0.2, 0.25) is 0 Å². The van der Waals surface area contributed by atoms with Gasteiger partial charge in [0.2, 0.25) is 0 Å². The van der Waals surface area contributed by atoms with Gasteiger partial charge in [0.25, 0.3) is 5.91 Å². The Morgan fingerprint density at radius 3 is 2.50 bits per heavy atom. The van der Waals surface area contributed by atoms with Crippen LogP contribution >= 0.6 is 0 Å². The van der Waals surface area contributed by atoms with Crippen LogP contribution in [0.3, 0.4) is 0 Å². The zero-order valence-corrected chi connectivity index (χ0v) is 13.0. The fourth-order valence-corrected chi connectivity index (χ4v) is 2.14. The number of rotatable bonds is 3. The van der Waals surface area contributed by atoms with Gasteiger partial charge in [0, 0.05) is 5.69 Å². The molecule has 2 aromatic carbocycles. The molecule has 0 radical (unpaired) electrons. The van der Waals surface area contributed by atoms with E-state index >= 15 is 0 Å². The first-order valence-electron chi connectivity index (χ1n) is 7.06. The number of amides is 1. The van der Waals surface area contributed by atoms with Crippen LogP contribution in [0.15, 0.2) is 48.0 Å². The van der Waals surface area contributed by atoms with Crippen molar-refractivity contribution in [1.82, 2.24) is 0 Å². The molecule has 0 aliphatic heterocycles. The summed E-state index contributed by atoms with van der Waals surface area (Å²) >= 11 is 0. The van der Waals surface area contributed by atoms with Crippen LogP contribution in [-0.4, -0.2) is 5.91 Å². The molecule has 2 rings (SSSR count). The van der Waals surface area contributed by atoms with Gasteiger partial charge >= 0.3 is 0 Å². The Morgan fingerprint density at radius 1 is 1.09 bits per heavy atom. The predicted molar refractivity (Wildman–Crippen MR) is 89.3 cm³/mol. The minimum Gasteiger partial charge on any atom is -0.321 e. The van der Waals surface area contributed by atoms with E-state index in [0.29, 0.717) is 0 Å². The zero-order valence-electron chi connectivity index (χ0n) is 13.0. The zero-order chi connectivity index (χ0) is 16.1. The van der Waals surface area contributed by atoms with Gasteiger partial charge in [-0.1, -0.05) is 42.0 Å². The van der Waals surface area contributed by atoms with Crippen molar-refractivity contribution in [3.05, 3.63) is 70.3 Å². The highest BCUT2D eigenvalue weighted by Gasteiger charge is 2.11. The van der Waals surface area contributed by atoms with Gasteiger partial charge in [-0.25, -0.2) is 0 Å². The Bertz CT molecular complexity index is 782. The van der Waals surface area contributed by atoms with E-state index in [1.807, 2.05) is 69.3 Å². The molecule has 0 aliphatic carbocycles. The second-order valence-corrected chi connectivity index (χ2v) is 5.36. The summed E-state index contributed by atoms with van der Waals surface area (Å²) in [5.74, 6) is -0.391. The summed E-state index contributed by atoms with van der Waals surface area (Å²) in [6.07, 6.45) is 1.60. The second kappa shape index (κ2) is 6.73. The normalized spacial score (nSPS) is 10.9. The quantitative estimate of drug-likeness (QED) is 0.681. The first-order valence-corrected chi connectivity index (χ1v) is 7.06. The third-order valence-corrected chi connectivity index (χ3v) is 3.36. The van der Waals surface area contributed by atoms with Gasteiger partial charge in [-0.2, -0.15) is 5.26 Å². The van der Waals surface area contributed by atoms with Gasteiger partial charge in [-0.3, -0.25) is 4.79 Å². The van der Waals surface area contributed by atoms with Crippen LogP contribution in [0.1, 0.15) is 22.3 Å². The summed E-state index contributed by atoms with van der Waals surface area (Å²) in [5.41, 5.74) is 4.77. The molecule has 1 amide bonds. The van der Waals surface area contributed by atoms with E-state index in [0.717, 1.165) is 27.9 Å². The molecule has 0 saturated carbocycles. The van der Waals surface area contributed by atoms with Crippen LogP contribution in [0, 0.1) is 32.1 Å². The van der Waals surface area contributed by atoms with E-state index in [9.17, 15) is 10.1 Å². The Hall–Kier alpha value is -2.86. The average Bonchev–Trinajstić information content (AvgIpc) is 2.48. The summed E-state index contributed by atoms with van der Waals surface area (Å²) in [6, 6.07) is 15.5. The SMILES string of the molecule is Cc1cccc(/C=C(/C#N)C(=O)Nc2cc(C)ccc2C)c1. The molecule has 0 unspecified atom stereocenters. The predicted octanol–water partition coefficient (Wildman–Crippen LogP) is 4.16. The monoisotopic (exact) mass is 290 g/mol. The summed E-state index contributed by atoms with van der Waals surface area (Å²) in [7, 11) is 0. The molecule has 0 aliphatic rings. The fraction of sp³-hybridized carbons (Fsp3) is 0.158. The maximum Gasteiger partial charge on any atom is 0.266 e. The summed E-state index contributed by atoms with van der Waals surface area (Å²) in [4.78, 5) is 12.3. The molecule has 0 atom stereocenters. The molecule has 2 aromatic rings. The van der Waals surface area contributed by atoms with Crippen molar-refractivity contribution in [3.63, 3.8) is 0 Å². The summed E-state index contributed by atoms with van der Waals surface area (Å²) < 4.78 is 0. The lowest BCUT2D eigenvalue weighted by Crippen LogP contribution is -2.14. The van der Waals surface area contributed by atoms with Crippen LogP contribution < -0.4 is 5.32 Å². The number of hydrogen-bond donors (Lipinski definition) is 1. The summed E-state index contributed by atoms with van der Waals surface area (Å²) in [5, 5.41) is 12.1. The largest absolute Gasteiger partial charge is 0.321 e. The molecule has 3 heteroatoms. The molecule has 1 N–H and O–H groups in total. The van der Waals surface area contributed by atoms with Crippen LogP contribution in [0.5, 0.6) is 0 Å². The van der Waals surface area contributed by atoms with Gasteiger partial charge in [0.15, 0.2) is 0 Å². The lowest BCUT2D eigenvalue weighted by Gasteiger charge is -2.09. The van der Waals surface area contributed by atoms with Crippen molar-refractivity contribution in [1.29, 1.82) is 5.26 Å². The standard InChI is InChI=1S/C19H18N2O/c1-13-5-4-6-16(9-13)11-17(12-20)19(22)21-18-10-14(2)7-8-15(18)3/h4-11H,1-3H3,(H,21,22)/b17-11-. The number of aryl methyl sites for hydroxylation is 3. The number of hydrogen-bond acceptors (Lipinski definition) is 2. The maximum absolute atomic E-state index is 12.3. The average molecular weight is 290 g/mol. The number of benzene rings is 2. The minimum absolute atomic E-state index is 0.0894. The van der Waals surface area contributed by atoms with Gasteiger partial charge in [0.05, 0.1) is 0 Å². The fourth-order valence-electron chi connectivity index (χ4n) is 2.14. The Morgan fingerprint density at radius 2 is 1.82 bits per heavy atom. The number of nitrogens with zero attached hydrogens (tertiary/aromatic N) is 1. The van der Waals surface area contributed by atoms with E-state index in [1.165, 1.54) is 0 Å². The van der Waals surface area contributed by atoms with Crippen LogP contribution in [0.4, 0.5) is 5.69 Å². The lowest BCUT2D eigenvalue weighted by molar-refractivity contribution is -0.112. The van der Waals surface area contributed by atoms with Gasteiger partial charge in [0.1, 0.15) is 11.6 Å².